The van der Waals surface area contributed by atoms with Crippen LogP contribution in [0, 0.1) is 5.92 Å². The zero-order valence-electron chi connectivity index (χ0n) is 20.1. The highest BCUT2D eigenvalue weighted by molar-refractivity contribution is 6.01. The van der Waals surface area contributed by atoms with Gasteiger partial charge in [-0.05, 0) is 75.2 Å². The van der Waals surface area contributed by atoms with Gasteiger partial charge in [-0.15, -0.1) is 0 Å². The molecule has 0 aliphatic rings. The third-order valence-corrected chi connectivity index (χ3v) is 3.06. The summed E-state index contributed by atoms with van der Waals surface area (Å²) in [6, 6.07) is 0. The maximum atomic E-state index is 12.0. The van der Waals surface area contributed by atoms with Crippen LogP contribution in [-0.4, -0.2) is 53.7 Å². The summed E-state index contributed by atoms with van der Waals surface area (Å²) < 4.78 is 15.5. The molecule has 10 heteroatoms. The van der Waals surface area contributed by atoms with Crippen LogP contribution >= 0.6 is 0 Å². The molecule has 2 amide bonds. The number of carbonyl (C=O) groups is 4. The Kier molecular flexibility index (Phi) is 10.7. The Morgan fingerprint density at radius 2 is 1.23 bits per heavy atom. The van der Waals surface area contributed by atoms with Crippen molar-refractivity contribution < 1.29 is 33.4 Å². The Hall–Kier alpha value is -2.65. The summed E-state index contributed by atoms with van der Waals surface area (Å²) in [5.74, 6) is -1.69. The van der Waals surface area contributed by atoms with Crippen LogP contribution in [0.25, 0.3) is 0 Å². The van der Waals surface area contributed by atoms with Crippen molar-refractivity contribution in [3.8, 4) is 0 Å². The van der Waals surface area contributed by atoms with E-state index in [0.29, 0.717) is 12.7 Å². The van der Waals surface area contributed by atoms with E-state index in [1.807, 2.05) is 0 Å². The lowest BCUT2D eigenvalue weighted by Crippen LogP contribution is -2.47. The molecule has 0 rings (SSSR count). The Balaban J connectivity index is 5.05. The summed E-state index contributed by atoms with van der Waals surface area (Å²) in [4.78, 5) is 51.5. The molecule has 0 saturated carbocycles. The first kappa shape index (κ1) is 28.4. The molecule has 0 aromatic rings. The molecule has 0 spiro atoms. The number of amides is 2. The average molecular weight is 444 g/mol. The van der Waals surface area contributed by atoms with Crippen molar-refractivity contribution in [2.45, 2.75) is 92.0 Å². The van der Waals surface area contributed by atoms with Crippen LogP contribution in [0.5, 0.6) is 0 Å². The molecule has 0 aliphatic carbocycles. The summed E-state index contributed by atoms with van der Waals surface area (Å²) >= 11 is 0. The fraction of sp³-hybridized carbons (Fsp3) is 0.762. The molecule has 0 aromatic heterocycles. The maximum Gasteiger partial charge on any atom is 0.414 e. The number of hydrogen-bond donors (Lipinski definition) is 2. The monoisotopic (exact) mass is 443 g/mol. The highest BCUT2D eigenvalue weighted by Crippen LogP contribution is 2.14. The van der Waals surface area contributed by atoms with E-state index in [4.69, 9.17) is 14.2 Å². The van der Waals surface area contributed by atoms with E-state index in [2.05, 4.69) is 15.6 Å². The fourth-order valence-electron chi connectivity index (χ4n) is 2.03. The number of aliphatic imine (C=N–C) groups is 1. The van der Waals surface area contributed by atoms with E-state index >= 15 is 0 Å². The van der Waals surface area contributed by atoms with E-state index in [9.17, 15) is 19.2 Å². The lowest BCUT2D eigenvalue weighted by Gasteiger charge is -2.22. The zero-order chi connectivity index (χ0) is 24.5. The number of nitrogens with one attached hydrogen (secondary N) is 2. The van der Waals surface area contributed by atoms with Gasteiger partial charge in [0.1, 0.15) is 29.0 Å². The van der Waals surface area contributed by atoms with Crippen LogP contribution in [0.1, 0.15) is 75.2 Å². The molecule has 0 heterocycles. The van der Waals surface area contributed by atoms with Gasteiger partial charge in [0.05, 0.1) is 0 Å². The molecular formula is C21H37N3O7. The van der Waals surface area contributed by atoms with Gasteiger partial charge in [0, 0.05) is 6.54 Å². The van der Waals surface area contributed by atoms with Crippen molar-refractivity contribution in [2.75, 3.05) is 6.54 Å². The normalized spacial score (nSPS) is 12.8. The van der Waals surface area contributed by atoms with Crippen molar-refractivity contribution in [3.63, 3.8) is 0 Å². The maximum absolute atomic E-state index is 12.0. The van der Waals surface area contributed by atoms with Crippen LogP contribution in [0.15, 0.2) is 4.99 Å². The standard InChI is InChI=1S/C21H37N3O7/c1-19(2,3)29-15(26)14(13-25)11-10-12-22-16(23-17(27)30-20(4,5)6)24-18(28)31-21(7,8)9/h13-14H,10-12H2,1-9H3,(H2,22,23,24,27,28). The number of carbonyl (C=O) groups excluding carboxylic acids is 4. The summed E-state index contributed by atoms with van der Waals surface area (Å²) in [5, 5.41) is 4.72. The van der Waals surface area contributed by atoms with E-state index < -0.39 is 40.9 Å². The molecule has 1 unspecified atom stereocenters. The summed E-state index contributed by atoms with van der Waals surface area (Å²) in [6.45, 7) is 15.4. The number of guanidine groups is 1. The minimum Gasteiger partial charge on any atom is -0.459 e. The molecule has 2 N–H and O–H groups in total. The first-order valence-corrected chi connectivity index (χ1v) is 10.1. The molecular weight excluding hydrogens is 406 g/mol. The lowest BCUT2D eigenvalue weighted by atomic mass is 10.0. The Morgan fingerprint density at radius 3 is 1.58 bits per heavy atom. The predicted octanol–water partition coefficient (Wildman–Crippen LogP) is 3.33. The van der Waals surface area contributed by atoms with Crippen molar-refractivity contribution >= 4 is 30.4 Å². The number of nitrogens with zero attached hydrogens (tertiary/aromatic N) is 1. The average Bonchev–Trinajstić information content (AvgIpc) is 2.48. The number of esters is 1. The fourth-order valence-corrected chi connectivity index (χ4v) is 2.03. The van der Waals surface area contributed by atoms with Gasteiger partial charge in [-0.3, -0.25) is 20.4 Å². The number of rotatable bonds is 6. The van der Waals surface area contributed by atoms with Gasteiger partial charge in [-0.2, -0.15) is 0 Å². The molecule has 0 fully saturated rings. The second-order valence-corrected chi connectivity index (χ2v) is 9.90. The van der Waals surface area contributed by atoms with E-state index in [1.165, 1.54) is 0 Å². The first-order chi connectivity index (χ1) is 13.9. The van der Waals surface area contributed by atoms with Crippen LogP contribution in [-0.2, 0) is 23.8 Å². The van der Waals surface area contributed by atoms with Gasteiger partial charge in [-0.25, -0.2) is 9.59 Å². The predicted molar refractivity (Wildman–Crippen MR) is 116 cm³/mol. The molecule has 1 atom stereocenters. The van der Waals surface area contributed by atoms with Gasteiger partial charge in [0.15, 0.2) is 0 Å². The summed E-state index contributed by atoms with van der Waals surface area (Å²) in [6.07, 6.45) is -0.535. The molecule has 0 aliphatic heterocycles. The number of aldehydes is 1. The second-order valence-electron chi connectivity index (χ2n) is 9.90. The first-order valence-electron chi connectivity index (χ1n) is 10.1. The van der Waals surface area contributed by atoms with Crippen LogP contribution in [0.2, 0.25) is 0 Å². The second kappa shape index (κ2) is 11.7. The van der Waals surface area contributed by atoms with Crippen molar-refractivity contribution in [1.29, 1.82) is 0 Å². The van der Waals surface area contributed by atoms with Crippen LogP contribution in [0.4, 0.5) is 9.59 Å². The van der Waals surface area contributed by atoms with Gasteiger partial charge in [-0.1, -0.05) is 0 Å². The van der Waals surface area contributed by atoms with Gasteiger partial charge in [0.25, 0.3) is 0 Å². The molecule has 0 radical (unpaired) electrons. The molecule has 10 nitrogen and oxygen atoms in total. The molecule has 31 heavy (non-hydrogen) atoms. The summed E-state index contributed by atoms with van der Waals surface area (Å²) in [7, 11) is 0. The smallest absolute Gasteiger partial charge is 0.414 e. The van der Waals surface area contributed by atoms with Crippen molar-refractivity contribution in [2.24, 2.45) is 10.9 Å². The third-order valence-electron chi connectivity index (χ3n) is 3.06. The molecule has 0 aromatic carbocycles. The highest BCUT2D eigenvalue weighted by Gasteiger charge is 2.25. The van der Waals surface area contributed by atoms with Crippen LogP contribution in [0.3, 0.4) is 0 Å². The van der Waals surface area contributed by atoms with Crippen LogP contribution < -0.4 is 10.6 Å². The number of alkyl carbamates (subject to hydrolysis) is 2. The number of ether oxygens (including phenoxy) is 3. The minimum atomic E-state index is -0.921. The zero-order valence-corrected chi connectivity index (χ0v) is 20.1. The van der Waals surface area contributed by atoms with E-state index in [1.54, 1.807) is 62.3 Å². The largest absolute Gasteiger partial charge is 0.459 e. The summed E-state index contributed by atoms with van der Waals surface area (Å²) in [5.41, 5.74) is -2.18. The Labute approximate surface area is 184 Å². The molecule has 178 valence electrons. The molecule has 0 saturated heterocycles. The Morgan fingerprint density at radius 1 is 0.806 bits per heavy atom. The van der Waals surface area contributed by atoms with E-state index in [-0.39, 0.29) is 18.9 Å². The topological polar surface area (TPSA) is 132 Å². The van der Waals surface area contributed by atoms with E-state index in [0.717, 1.165) is 0 Å². The van der Waals surface area contributed by atoms with Gasteiger partial charge < -0.3 is 19.0 Å². The van der Waals surface area contributed by atoms with Gasteiger partial charge in [0.2, 0.25) is 5.96 Å². The van der Waals surface area contributed by atoms with Crippen molar-refractivity contribution in [3.05, 3.63) is 0 Å². The van der Waals surface area contributed by atoms with Crippen molar-refractivity contribution in [1.82, 2.24) is 10.6 Å². The Bertz CT molecular complexity index is 636. The number of hydrogen-bond acceptors (Lipinski definition) is 8. The minimum absolute atomic E-state index is 0.119. The third kappa shape index (κ3) is 15.8. The van der Waals surface area contributed by atoms with Gasteiger partial charge >= 0.3 is 18.2 Å². The SMILES string of the molecule is CC(C)(C)OC(=O)NC(=NCCCC(C=O)C(=O)OC(C)(C)C)NC(=O)OC(C)(C)C. The molecule has 0 bridgehead atoms. The quantitative estimate of drug-likeness (QED) is 0.122. The highest BCUT2D eigenvalue weighted by atomic mass is 16.6. The lowest BCUT2D eigenvalue weighted by molar-refractivity contribution is -0.160.